The molecule has 1 amide bonds. The fraction of sp³-hybridized carbons (Fsp3) is 0.500. The van der Waals surface area contributed by atoms with Crippen LogP contribution in [0.25, 0.3) is 0 Å². The zero-order valence-corrected chi connectivity index (χ0v) is 13.8. The molecule has 21 heavy (non-hydrogen) atoms. The topological polar surface area (TPSA) is 23.6 Å². The third-order valence-corrected chi connectivity index (χ3v) is 3.69. The summed E-state index contributed by atoms with van der Waals surface area (Å²) in [6.45, 7) is 15.1. The van der Waals surface area contributed by atoms with Crippen molar-refractivity contribution < 1.29 is 4.79 Å². The first kappa shape index (κ1) is 17.4. The first-order valence-electron chi connectivity index (χ1n) is 7.70. The van der Waals surface area contributed by atoms with Crippen LogP contribution in [0.2, 0.25) is 0 Å². The molecule has 0 radical (unpaired) electrons. The Hall–Kier alpha value is -1.61. The summed E-state index contributed by atoms with van der Waals surface area (Å²) in [5, 5.41) is 0. The molecule has 0 aromatic heterocycles. The van der Waals surface area contributed by atoms with E-state index >= 15 is 0 Å². The molecule has 0 fully saturated rings. The Kier molecular flexibility index (Phi) is 7.17. The minimum Gasteiger partial charge on any atom is -0.337 e. The average molecular weight is 288 g/mol. The van der Waals surface area contributed by atoms with Gasteiger partial charge in [0.25, 0.3) is 0 Å². The van der Waals surface area contributed by atoms with Crippen LogP contribution < -0.4 is 0 Å². The van der Waals surface area contributed by atoms with E-state index < -0.39 is 0 Å². The van der Waals surface area contributed by atoms with Gasteiger partial charge in [-0.15, -0.1) is 0 Å². The quantitative estimate of drug-likeness (QED) is 0.685. The first-order valence-corrected chi connectivity index (χ1v) is 7.70. The van der Waals surface area contributed by atoms with E-state index in [2.05, 4.69) is 30.5 Å². The Balaban J connectivity index is 2.75. The molecule has 0 saturated carbocycles. The molecule has 0 saturated heterocycles. The number of rotatable bonds is 8. The van der Waals surface area contributed by atoms with Gasteiger partial charge in [0.15, 0.2) is 0 Å². The molecule has 0 heterocycles. The molecule has 0 N–H and O–H groups in total. The molecule has 1 aromatic rings. The van der Waals surface area contributed by atoms with E-state index in [4.69, 9.17) is 0 Å². The van der Waals surface area contributed by atoms with Crippen molar-refractivity contribution in [1.82, 2.24) is 9.80 Å². The van der Waals surface area contributed by atoms with E-state index in [1.54, 1.807) is 0 Å². The number of hydrogen-bond donors (Lipinski definition) is 0. The molecule has 0 aliphatic carbocycles. The summed E-state index contributed by atoms with van der Waals surface area (Å²) < 4.78 is 0. The van der Waals surface area contributed by atoms with Crippen LogP contribution in [0.15, 0.2) is 42.5 Å². The number of nitrogens with zero attached hydrogens (tertiary/aromatic N) is 2. The summed E-state index contributed by atoms with van der Waals surface area (Å²) >= 11 is 0. The van der Waals surface area contributed by atoms with Crippen molar-refractivity contribution in [2.24, 2.45) is 0 Å². The lowest BCUT2D eigenvalue weighted by Crippen LogP contribution is -2.47. The van der Waals surface area contributed by atoms with Gasteiger partial charge in [-0.25, -0.2) is 0 Å². The highest BCUT2D eigenvalue weighted by molar-refractivity contribution is 5.81. The van der Waals surface area contributed by atoms with E-state index in [-0.39, 0.29) is 11.9 Å². The Labute approximate surface area is 129 Å². The monoisotopic (exact) mass is 288 g/mol. The van der Waals surface area contributed by atoms with Gasteiger partial charge in [0, 0.05) is 19.6 Å². The minimum atomic E-state index is -0.115. The number of carbonyl (C=O) groups is 1. The third-order valence-electron chi connectivity index (χ3n) is 3.69. The van der Waals surface area contributed by atoms with Gasteiger partial charge in [0.2, 0.25) is 5.91 Å². The molecular formula is C18H28N2O. The molecule has 1 rings (SSSR count). The van der Waals surface area contributed by atoms with Gasteiger partial charge in [-0.2, -0.15) is 0 Å². The van der Waals surface area contributed by atoms with Crippen LogP contribution in [0.4, 0.5) is 0 Å². The molecule has 0 bridgehead atoms. The van der Waals surface area contributed by atoms with Gasteiger partial charge in [0.1, 0.15) is 0 Å². The third kappa shape index (κ3) is 5.35. The number of benzene rings is 1. The Bertz CT molecular complexity index is 456. The number of hydrogen-bond acceptors (Lipinski definition) is 2. The zero-order valence-electron chi connectivity index (χ0n) is 13.8. The van der Waals surface area contributed by atoms with Gasteiger partial charge in [-0.05, 0) is 32.9 Å². The van der Waals surface area contributed by atoms with Crippen LogP contribution in [-0.4, -0.2) is 41.4 Å². The Morgan fingerprint density at radius 3 is 2.29 bits per heavy atom. The van der Waals surface area contributed by atoms with Crippen molar-refractivity contribution in [3.05, 3.63) is 48.0 Å². The highest BCUT2D eigenvalue weighted by Crippen LogP contribution is 2.10. The van der Waals surface area contributed by atoms with Crippen LogP contribution in [0.1, 0.15) is 33.3 Å². The molecule has 116 valence electrons. The molecule has 0 aliphatic heterocycles. The maximum absolute atomic E-state index is 12.7. The summed E-state index contributed by atoms with van der Waals surface area (Å²) in [6.07, 6.45) is 0. The first-order chi connectivity index (χ1) is 9.99. The van der Waals surface area contributed by atoms with Gasteiger partial charge in [-0.1, -0.05) is 49.4 Å². The second-order valence-electron chi connectivity index (χ2n) is 5.53. The van der Waals surface area contributed by atoms with Crippen molar-refractivity contribution in [3.8, 4) is 0 Å². The van der Waals surface area contributed by atoms with Crippen molar-refractivity contribution in [3.63, 3.8) is 0 Å². The van der Waals surface area contributed by atoms with Gasteiger partial charge in [-0.3, -0.25) is 9.69 Å². The molecule has 3 nitrogen and oxygen atoms in total. The molecule has 3 heteroatoms. The maximum atomic E-state index is 12.7. The predicted octanol–water partition coefficient (Wildman–Crippen LogP) is 3.32. The molecule has 0 aliphatic rings. The molecule has 1 aromatic carbocycles. The van der Waals surface area contributed by atoms with Crippen molar-refractivity contribution >= 4 is 5.91 Å². The van der Waals surface area contributed by atoms with E-state index in [1.807, 2.05) is 43.9 Å². The van der Waals surface area contributed by atoms with Gasteiger partial charge >= 0.3 is 0 Å². The Morgan fingerprint density at radius 2 is 1.81 bits per heavy atom. The fourth-order valence-electron chi connectivity index (χ4n) is 2.44. The lowest BCUT2D eigenvalue weighted by atomic mass is 10.1. The minimum absolute atomic E-state index is 0.115. The van der Waals surface area contributed by atoms with Gasteiger partial charge < -0.3 is 4.90 Å². The Morgan fingerprint density at radius 1 is 1.19 bits per heavy atom. The summed E-state index contributed by atoms with van der Waals surface area (Å²) in [7, 11) is 0. The van der Waals surface area contributed by atoms with E-state index in [9.17, 15) is 4.79 Å². The van der Waals surface area contributed by atoms with Crippen LogP contribution in [0, 0.1) is 0 Å². The van der Waals surface area contributed by atoms with E-state index in [0.717, 1.165) is 25.2 Å². The summed E-state index contributed by atoms with van der Waals surface area (Å²) in [5.74, 6) is 0.185. The second kappa shape index (κ2) is 8.63. The SMILES string of the molecule is C=C(C)CN(CC)C(C)C(=O)N(CC)Cc1ccccc1. The molecule has 0 spiro atoms. The lowest BCUT2D eigenvalue weighted by Gasteiger charge is -2.31. The van der Waals surface area contributed by atoms with Crippen molar-refractivity contribution in [2.75, 3.05) is 19.6 Å². The average Bonchev–Trinajstić information content (AvgIpc) is 2.49. The van der Waals surface area contributed by atoms with Crippen LogP contribution in [-0.2, 0) is 11.3 Å². The van der Waals surface area contributed by atoms with Crippen molar-refractivity contribution in [1.29, 1.82) is 0 Å². The summed E-state index contributed by atoms with van der Waals surface area (Å²) in [5.41, 5.74) is 2.26. The fourth-order valence-corrected chi connectivity index (χ4v) is 2.44. The van der Waals surface area contributed by atoms with E-state index in [0.29, 0.717) is 6.54 Å². The maximum Gasteiger partial charge on any atom is 0.239 e. The van der Waals surface area contributed by atoms with Crippen LogP contribution >= 0.6 is 0 Å². The smallest absolute Gasteiger partial charge is 0.239 e. The largest absolute Gasteiger partial charge is 0.337 e. The number of carbonyl (C=O) groups excluding carboxylic acids is 1. The molecular weight excluding hydrogens is 260 g/mol. The van der Waals surface area contributed by atoms with Gasteiger partial charge in [0.05, 0.1) is 6.04 Å². The number of likely N-dealkylation sites (N-methyl/N-ethyl adjacent to an activating group) is 2. The van der Waals surface area contributed by atoms with E-state index in [1.165, 1.54) is 5.56 Å². The highest BCUT2D eigenvalue weighted by atomic mass is 16.2. The standard InChI is InChI=1S/C18H28N2O/c1-6-19(13-15(3)4)16(5)18(21)20(7-2)14-17-11-9-8-10-12-17/h8-12,16H,3,6-7,13-14H2,1-2,4-5H3. The normalized spacial score (nSPS) is 12.2. The highest BCUT2D eigenvalue weighted by Gasteiger charge is 2.24. The lowest BCUT2D eigenvalue weighted by molar-refractivity contribution is -0.136. The summed E-state index contributed by atoms with van der Waals surface area (Å²) in [6, 6.07) is 10.0. The number of amides is 1. The molecule has 1 unspecified atom stereocenters. The molecule has 1 atom stereocenters. The zero-order chi connectivity index (χ0) is 15.8. The predicted molar refractivity (Wildman–Crippen MR) is 89.1 cm³/mol. The second-order valence-corrected chi connectivity index (χ2v) is 5.53. The van der Waals surface area contributed by atoms with Crippen LogP contribution in [0.3, 0.4) is 0 Å². The van der Waals surface area contributed by atoms with Crippen LogP contribution in [0.5, 0.6) is 0 Å². The van der Waals surface area contributed by atoms with Crippen molar-refractivity contribution in [2.45, 2.75) is 40.3 Å². The summed E-state index contributed by atoms with van der Waals surface area (Å²) in [4.78, 5) is 16.8.